The van der Waals surface area contributed by atoms with E-state index in [1.54, 1.807) is 0 Å². The maximum atomic E-state index is 5.92. The van der Waals surface area contributed by atoms with E-state index in [4.69, 9.17) is 16.6 Å². The molecule has 4 nitrogen and oxygen atoms in total. The topological polar surface area (TPSA) is 35.6 Å². The van der Waals surface area contributed by atoms with Crippen LogP contribution >= 0.6 is 34.2 Å². The van der Waals surface area contributed by atoms with Crippen LogP contribution in [-0.2, 0) is 13.5 Å². The highest BCUT2D eigenvalue weighted by atomic mass is 127. The number of hydrogen-bond acceptors (Lipinski definition) is 2. The lowest BCUT2D eigenvalue weighted by molar-refractivity contribution is 0.751. The molecular formula is C14H14ClIN4. The minimum atomic E-state index is 0.556. The number of imidazole rings is 1. The first-order valence-electron chi connectivity index (χ1n) is 6.34. The fraction of sp³-hybridized carbons (Fsp3) is 0.286. The van der Waals surface area contributed by atoms with Gasteiger partial charge in [0.2, 0.25) is 0 Å². The van der Waals surface area contributed by atoms with E-state index in [2.05, 4.69) is 56.5 Å². The molecule has 0 aliphatic heterocycles. The maximum absolute atomic E-state index is 5.92. The molecule has 2 heterocycles. The van der Waals surface area contributed by atoms with Crippen molar-refractivity contribution >= 4 is 45.4 Å². The molecule has 0 unspecified atom stereocenters. The van der Waals surface area contributed by atoms with Crippen LogP contribution in [0.2, 0.25) is 0 Å². The summed E-state index contributed by atoms with van der Waals surface area (Å²) >= 11 is 8.22. The molecule has 3 rings (SSSR count). The van der Waals surface area contributed by atoms with E-state index in [0.717, 1.165) is 34.8 Å². The quantitative estimate of drug-likeness (QED) is 0.499. The molecule has 104 valence electrons. The van der Waals surface area contributed by atoms with Crippen molar-refractivity contribution in [2.24, 2.45) is 7.05 Å². The number of benzene rings is 1. The van der Waals surface area contributed by atoms with E-state index in [0.29, 0.717) is 5.88 Å². The molecule has 0 saturated heterocycles. The number of fused-ring (bicyclic) bond motifs is 1. The van der Waals surface area contributed by atoms with Crippen LogP contribution in [0.15, 0.2) is 24.3 Å². The number of nitrogens with zero attached hydrogens (tertiary/aromatic N) is 4. The molecule has 1 aromatic carbocycles. The third-order valence-corrected chi connectivity index (χ3v) is 4.18. The number of alkyl halides is 1. The summed E-state index contributed by atoms with van der Waals surface area (Å²) in [7, 11) is 1.95. The molecular weight excluding hydrogens is 387 g/mol. The highest BCUT2D eigenvalue weighted by Crippen LogP contribution is 2.24. The standard InChI is InChI=1S/C14H14ClIN4/c1-9-13-14(19(2)18-9)20(12(17-13)7-8-15)11-5-3-10(16)4-6-11/h3-6H,7-8H2,1-2H3. The summed E-state index contributed by atoms with van der Waals surface area (Å²) in [5.74, 6) is 1.53. The van der Waals surface area contributed by atoms with Crippen molar-refractivity contribution < 1.29 is 0 Å². The van der Waals surface area contributed by atoms with Gasteiger partial charge in [0.05, 0.1) is 5.69 Å². The summed E-state index contributed by atoms with van der Waals surface area (Å²) in [4.78, 5) is 4.71. The van der Waals surface area contributed by atoms with Crippen molar-refractivity contribution in [3.8, 4) is 5.69 Å². The lowest BCUT2D eigenvalue weighted by atomic mass is 10.3. The first-order chi connectivity index (χ1) is 9.61. The van der Waals surface area contributed by atoms with Crippen molar-refractivity contribution in [1.29, 1.82) is 0 Å². The Morgan fingerprint density at radius 2 is 1.95 bits per heavy atom. The Morgan fingerprint density at radius 1 is 1.25 bits per heavy atom. The van der Waals surface area contributed by atoms with Crippen LogP contribution in [0.4, 0.5) is 0 Å². The maximum Gasteiger partial charge on any atom is 0.163 e. The van der Waals surface area contributed by atoms with Gasteiger partial charge in [0.15, 0.2) is 5.65 Å². The molecule has 0 bridgehead atoms. The Bertz CT molecular complexity index is 758. The number of rotatable bonds is 3. The average molecular weight is 401 g/mol. The van der Waals surface area contributed by atoms with Crippen molar-refractivity contribution in [2.45, 2.75) is 13.3 Å². The van der Waals surface area contributed by atoms with Crippen LogP contribution in [-0.4, -0.2) is 25.2 Å². The average Bonchev–Trinajstić information content (AvgIpc) is 2.91. The summed E-state index contributed by atoms with van der Waals surface area (Å²) in [5.41, 5.74) is 4.01. The van der Waals surface area contributed by atoms with Crippen LogP contribution in [0.5, 0.6) is 0 Å². The number of aromatic nitrogens is 4. The summed E-state index contributed by atoms with van der Waals surface area (Å²) < 4.78 is 5.24. The minimum absolute atomic E-state index is 0.556. The fourth-order valence-electron chi connectivity index (χ4n) is 2.43. The third kappa shape index (κ3) is 2.22. The van der Waals surface area contributed by atoms with Gasteiger partial charge in [0, 0.05) is 28.6 Å². The number of hydrogen-bond donors (Lipinski definition) is 0. The zero-order valence-corrected chi connectivity index (χ0v) is 14.2. The highest BCUT2D eigenvalue weighted by Gasteiger charge is 2.18. The lowest BCUT2D eigenvalue weighted by Gasteiger charge is -2.09. The van der Waals surface area contributed by atoms with Crippen LogP contribution < -0.4 is 0 Å². The monoisotopic (exact) mass is 400 g/mol. The third-order valence-electron chi connectivity index (χ3n) is 3.27. The highest BCUT2D eigenvalue weighted by molar-refractivity contribution is 14.1. The zero-order chi connectivity index (χ0) is 14.3. The van der Waals surface area contributed by atoms with Gasteiger partial charge >= 0.3 is 0 Å². The van der Waals surface area contributed by atoms with Gasteiger partial charge in [-0.1, -0.05) is 0 Å². The first kappa shape index (κ1) is 13.9. The van der Waals surface area contributed by atoms with Gasteiger partial charge in [0.25, 0.3) is 0 Å². The Balaban J connectivity index is 2.30. The Labute approximate surface area is 135 Å². The second kappa shape index (κ2) is 5.37. The Hall–Kier alpha value is -1.08. The second-order valence-corrected chi connectivity index (χ2v) is 6.28. The van der Waals surface area contributed by atoms with Crippen LogP contribution in [0.1, 0.15) is 11.5 Å². The SMILES string of the molecule is Cc1nn(C)c2c1nc(CCCl)n2-c1ccc(I)cc1. The van der Waals surface area contributed by atoms with E-state index in [9.17, 15) is 0 Å². The molecule has 3 aromatic rings. The molecule has 0 atom stereocenters. The summed E-state index contributed by atoms with van der Waals surface area (Å²) in [6, 6.07) is 8.39. The largest absolute Gasteiger partial charge is 0.281 e. The molecule has 6 heteroatoms. The zero-order valence-electron chi connectivity index (χ0n) is 11.3. The van der Waals surface area contributed by atoms with Crippen molar-refractivity contribution in [2.75, 3.05) is 5.88 Å². The molecule has 0 amide bonds. The lowest BCUT2D eigenvalue weighted by Crippen LogP contribution is -2.06. The summed E-state index contributed by atoms with van der Waals surface area (Å²) in [6.45, 7) is 1.98. The van der Waals surface area contributed by atoms with E-state index in [1.165, 1.54) is 3.57 Å². The molecule has 0 aliphatic carbocycles. The molecule has 0 fully saturated rings. The molecule has 0 N–H and O–H groups in total. The van der Waals surface area contributed by atoms with Gasteiger partial charge in [-0.15, -0.1) is 11.6 Å². The van der Waals surface area contributed by atoms with E-state index < -0.39 is 0 Å². The van der Waals surface area contributed by atoms with Gasteiger partial charge < -0.3 is 0 Å². The Morgan fingerprint density at radius 3 is 2.60 bits per heavy atom. The van der Waals surface area contributed by atoms with Crippen LogP contribution in [0.3, 0.4) is 0 Å². The van der Waals surface area contributed by atoms with Crippen molar-refractivity contribution in [1.82, 2.24) is 19.3 Å². The number of aryl methyl sites for hydroxylation is 3. The van der Waals surface area contributed by atoms with E-state index in [1.807, 2.05) is 18.7 Å². The van der Waals surface area contributed by atoms with Gasteiger partial charge in [-0.3, -0.25) is 4.57 Å². The minimum Gasteiger partial charge on any atom is -0.281 e. The van der Waals surface area contributed by atoms with Gasteiger partial charge in [-0.2, -0.15) is 5.10 Å². The van der Waals surface area contributed by atoms with Gasteiger partial charge in [0.1, 0.15) is 11.3 Å². The van der Waals surface area contributed by atoms with Crippen molar-refractivity contribution in [3.05, 3.63) is 39.4 Å². The normalized spacial score (nSPS) is 11.4. The predicted octanol–water partition coefficient (Wildman–Crippen LogP) is 3.45. The second-order valence-electron chi connectivity index (χ2n) is 4.66. The molecule has 0 saturated carbocycles. The molecule has 0 aliphatic rings. The molecule has 0 radical (unpaired) electrons. The predicted molar refractivity (Wildman–Crippen MR) is 89.7 cm³/mol. The smallest absolute Gasteiger partial charge is 0.163 e. The fourth-order valence-corrected chi connectivity index (χ4v) is 2.96. The first-order valence-corrected chi connectivity index (χ1v) is 7.96. The summed E-state index contributed by atoms with van der Waals surface area (Å²) in [5, 5.41) is 4.45. The van der Waals surface area contributed by atoms with Gasteiger partial charge in [-0.25, -0.2) is 9.67 Å². The number of halogens is 2. The Kier molecular flexibility index (Phi) is 3.72. The van der Waals surface area contributed by atoms with Crippen LogP contribution in [0.25, 0.3) is 16.9 Å². The van der Waals surface area contributed by atoms with Crippen LogP contribution in [0, 0.1) is 10.5 Å². The van der Waals surface area contributed by atoms with Gasteiger partial charge in [-0.05, 0) is 53.8 Å². The molecule has 2 aromatic heterocycles. The molecule has 20 heavy (non-hydrogen) atoms. The van der Waals surface area contributed by atoms with E-state index >= 15 is 0 Å². The molecule has 0 spiro atoms. The summed E-state index contributed by atoms with van der Waals surface area (Å²) in [6.07, 6.45) is 0.738. The van der Waals surface area contributed by atoms with E-state index in [-0.39, 0.29) is 0 Å². The van der Waals surface area contributed by atoms with Crippen molar-refractivity contribution in [3.63, 3.8) is 0 Å².